The third-order valence-electron chi connectivity index (χ3n) is 5.52. The van der Waals surface area contributed by atoms with Crippen molar-refractivity contribution < 1.29 is 13.2 Å². The molecule has 0 amide bonds. The summed E-state index contributed by atoms with van der Waals surface area (Å²) in [7, 11) is 0. The summed E-state index contributed by atoms with van der Waals surface area (Å²) in [4.78, 5) is 17.9. The zero-order valence-corrected chi connectivity index (χ0v) is 17.3. The van der Waals surface area contributed by atoms with E-state index in [1.165, 1.54) is 25.0 Å². The molecule has 4 rings (SSSR count). The molecule has 0 radical (unpaired) electrons. The maximum atomic E-state index is 13.2. The Bertz CT molecular complexity index is 868. The first-order chi connectivity index (χ1) is 15.0. The number of alkyl halides is 3. The Morgan fingerprint density at radius 1 is 0.806 bits per heavy atom. The molecule has 10 heteroatoms. The summed E-state index contributed by atoms with van der Waals surface area (Å²) in [5.41, 5.74) is 1.96. The molecule has 1 aromatic carbocycles. The second kappa shape index (κ2) is 9.49. The minimum atomic E-state index is -4.45. The van der Waals surface area contributed by atoms with Crippen LogP contribution < -0.4 is 15.2 Å². The molecule has 0 spiro atoms. The van der Waals surface area contributed by atoms with E-state index in [1.54, 1.807) is 6.07 Å². The summed E-state index contributed by atoms with van der Waals surface area (Å²) in [5.74, 6) is 1.41. The van der Waals surface area contributed by atoms with Crippen LogP contribution in [0.15, 0.2) is 29.4 Å². The van der Waals surface area contributed by atoms with Gasteiger partial charge in [-0.3, -0.25) is 0 Å². The molecule has 2 aliphatic heterocycles. The van der Waals surface area contributed by atoms with Crippen LogP contribution in [-0.4, -0.2) is 47.3 Å². The Morgan fingerprint density at radius 2 is 1.35 bits per heavy atom. The van der Waals surface area contributed by atoms with E-state index in [0.29, 0.717) is 11.9 Å². The van der Waals surface area contributed by atoms with E-state index in [4.69, 9.17) is 0 Å². The third-order valence-corrected chi connectivity index (χ3v) is 5.52. The van der Waals surface area contributed by atoms with Crippen LogP contribution in [-0.2, 0) is 6.18 Å². The fourth-order valence-corrected chi connectivity index (χ4v) is 3.90. The Balaban J connectivity index is 1.57. The predicted molar refractivity (Wildman–Crippen MR) is 115 cm³/mol. The summed E-state index contributed by atoms with van der Waals surface area (Å²) in [5, 5.41) is 3.99. The topological polar surface area (TPSA) is 69.5 Å². The lowest BCUT2D eigenvalue weighted by atomic mass is 10.1. The number of halogens is 3. The average molecular weight is 433 g/mol. The van der Waals surface area contributed by atoms with Crippen molar-refractivity contribution in [3.05, 3.63) is 35.4 Å². The Hall–Kier alpha value is -2.91. The van der Waals surface area contributed by atoms with Gasteiger partial charge in [0.05, 0.1) is 11.8 Å². The second-order valence-corrected chi connectivity index (χ2v) is 7.81. The van der Waals surface area contributed by atoms with E-state index in [-0.39, 0.29) is 11.5 Å². The molecule has 2 aliphatic rings. The fraction of sp³-hybridized carbons (Fsp3) is 0.524. The standard InChI is InChI=1S/C21H26F3N7/c22-21(23,24)17-10-4-3-9-16(17)15-25-29-18-26-19(30-11-5-1-6-12-30)28-20(27-18)31-13-7-2-8-14-31/h3-4,9-10,15H,1-2,5-8,11-14H2,(H,26,27,28,29)/b25-15-. The molecule has 0 aliphatic carbocycles. The molecule has 1 N–H and O–H groups in total. The molecule has 0 saturated carbocycles. The lowest BCUT2D eigenvalue weighted by Gasteiger charge is -2.30. The smallest absolute Gasteiger partial charge is 0.341 e. The normalized spacial score (nSPS) is 17.9. The highest BCUT2D eigenvalue weighted by Crippen LogP contribution is 2.31. The highest BCUT2D eigenvalue weighted by Gasteiger charge is 2.32. The first-order valence-corrected chi connectivity index (χ1v) is 10.7. The van der Waals surface area contributed by atoms with E-state index in [9.17, 15) is 13.2 Å². The zero-order chi connectivity index (χ0) is 21.7. The molecule has 0 bridgehead atoms. The molecule has 0 atom stereocenters. The van der Waals surface area contributed by atoms with Crippen LogP contribution in [0.1, 0.15) is 49.7 Å². The van der Waals surface area contributed by atoms with Crippen molar-refractivity contribution in [2.24, 2.45) is 5.10 Å². The number of anilines is 3. The van der Waals surface area contributed by atoms with Gasteiger partial charge < -0.3 is 9.80 Å². The van der Waals surface area contributed by atoms with Gasteiger partial charge >= 0.3 is 6.18 Å². The van der Waals surface area contributed by atoms with Gasteiger partial charge in [-0.05, 0) is 44.6 Å². The van der Waals surface area contributed by atoms with Crippen LogP contribution in [0, 0.1) is 0 Å². The molecular formula is C21H26F3N7. The highest BCUT2D eigenvalue weighted by atomic mass is 19.4. The minimum Gasteiger partial charge on any atom is -0.341 e. The number of aromatic nitrogens is 3. The van der Waals surface area contributed by atoms with E-state index < -0.39 is 11.7 Å². The largest absolute Gasteiger partial charge is 0.417 e. The first kappa shape index (κ1) is 21.3. The van der Waals surface area contributed by atoms with Crippen LogP contribution >= 0.6 is 0 Å². The summed E-state index contributed by atoms with van der Waals surface area (Å²) in [6.45, 7) is 3.52. The van der Waals surface area contributed by atoms with Crippen molar-refractivity contribution in [2.45, 2.75) is 44.7 Å². The van der Waals surface area contributed by atoms with E-state index in [1.807, 2.05) is 0 Å². The molecule has 0 unspecified atom stereocenters. The number of piperidine rings is 2. The average Bonchev–Trinajstić information content (AvgIpc) is 2.80. The number of nitrogens with zero attached hydrogens (tertiary/aromatic N) is 6. The molecule has 7 nitrogen and oxygen atoms in total. The van der Waals surface area contributed by atoms with Crippen molar-refractivity contribution >= 4 is 24.1 Å². The monoisotopic (exact) mass is 433 g/mol. The molecule has 2 saturated heterocycles. The summed E-state index contributed by atoms with van der Waals surface area (Å²) >= 11 is 0. The zero-order valence-electron chi connectivity index (χ0n) is 17.3. The van der Waals surface area contributed by atoms with Crippen molar-refractivity contribution in [3.63, 3.8) is 0 Å². The van der Waals surface area contributed by atoms with Crippen LogP contribution in [0.5, 0.6) is 0 Å². The van der Waals surface area contributed by atoms with Crippen molar-refractivity contribution in [1.29, 1.82) is 0 Å². The van der Waals surface area contributed by atoms with Gasteiger partial charge in [-0.1, -0.05) is 18.2 Å². The van der Waals surface area contributed by atoms with Crippen LogP contribution in [0.25, 0.3) is 0 Å². The number of nitrogens with one attached hydrogen (secondary N) is 1. The fourth-order valence-electron chi connectivity index (χ4n) is 3.90. The minimum absolute atomic E-state index is 0.0240. The molecular weight excluding hydrogens is 407 g/mol. The summed E-state index contributed by atoms with van der Waals surface area (Å²) < 4.78 is 39.6. The lowest BCUT2D eigenvalue weighted by Crippen LogP contribution is -2.34. The number of hydrazone groups is 1. The molecule has 2 aromatic rings. The van der Waals surface area contributed by atoms with Crippen LogP contribution in [0.4, 0.5) is 31.0 Å². The maximum absolute atomic E-state index is 13.2. The molecule has 1 aromatic heterocycles. The third kappa shape index (κ3) is 5.42. The van der Waals surface area contributed by atoms with Gasteiger partial charge in [0.15, 0.2) is 0 Å². The predicted octanol–water partition coefficient (Wildman–Crippen LogP) is 4.32. The lowest BCUT2D eigenvalue weighted by molar-refractivity contribution is -0.137. The number of benzene rings is 1. The van der Waals surface area contributed by atoms with Gasteiger partial charge in [0, 0.05) is 31.7 Å². The maximum Gasteiger partial charge on any atom is 0.417 e. The summed E-state index contributed by atoms with van der Waals surface area (Å²) in [6, 6.07) is 5.31. The Morgan fingerprint density at radius 3 is 1.90 bits per heavy atom. The van der Waals surface area contributed by atoms with Gasteiger partial charge in [0.25, 0.3) is 0 Å². The SMILES string of the molecule is FC(F)(F)c1ccccc1/C=N\Nc1nc(N2CCCCC2)nc(N2CCCCC2)n1. The second-order valence-electron chi connectivity index (χ2n) is 7.81. The van der Waals surface area contributed by atoms with Crippen LogP contribution in [0.2, 0.25) is 0 Å². The molecule has 166 valence electrons. The van der Waals surface area contributed by atoms with Gasteiger partial charge in [-0.25, -0.2) is 5.43 Å². The quantitative estimate of drug-likeness (QED) is 0.560. The number of hydrogen-bond donors (Lipinski definition) is 1. The van der Waals surface area contributed by atoms with E-state index >= 15 is 0 Å². The van der Waals surface area contributed by atoms with Crippen molar-refractivity contribution in [3.8, 4) is 0 Å². The summed E-state index contributed by atoms with van der Waals surface area (Å²) in [6.07, 6.45) is 3.41. The molecule has 3 heterocycles. The van der Waals surface area contributed by atoms with Crippen LogP contribution in [0.3, 0.4) is 0 Å². The van der Waals surface area contributed by atoms with E-state index in [0.717, 1.165) is 64.1 Å². The van der Waals surface area contributed by atoms with Gasteiger partial charge in [-0.15, -0.1) is 0 Å². The molecule has 31 heavy (non-hydrogen) atoms. The number of rotatable bonds is 5. The first-order valence-electron chi connectivity index (χ1n) is 10.7. The van der Waals surface area contributed by atoms with Crippen molar-refractivity contribution in [2.75, 3.05) is 41.4 Å². The Labute approximate surface area is 179 Å². The Kier molecular flexibility index (Phi) is 6.53. The van der Waals surface area contributed by atoms with Crippen molar-refractivity contribution in [1.82, 2.24) is 15.0 Å². The van der Waals surface area contributed by atoms with Gasteiger partial charge in [-0.2, -0.15) is 33.2 Å². The van der Waals surface area contributed by atoms with Gasteiger partial charge in [0.2, 0.25) is 17.8 Å². The molecule has 2 fully saturated rings. The highest BCUT2D eigenvalue weighted by molar-refractivity contribution is 5.82. The number of hydrogen-bond acceptors (Lipinski definition) is 7. The van der Waals surface area contributed by atoms with E-state index in [2.05, 4.69) is 35.3 Å². The van der Waals surface area contributed by atoms with Gasteiger partial charge in [0.1, 0.15) is 0 Å².